The molecule has 116 valence electrons. The quantitative estimate of drug-likeness (QED) is 0.680. The summed E-state index contributed by atoms with van der Waals surface area (Å²) in [5.74, 6) is 0.193. The van der Waals surface area contributed by atoms with E-state index in [4.69, 9.17) is 4.74 Å². The number of aromatic nitrogens is 1. The Bertz CT molecular complexity index is 762. The van der Waals surface area contributed by atoms with E-state index in [2.05, 4.69) is 10.3 Å². The monoisotopic (exact) mass is 307 g/mol. The number of nitriles is 1. The summed E-state index contributed by atoms with van der Waals surface area (Å²) >= 11 is 0. The molecule has 0 aliphatic carbocycles. The maximum absolute atomic E-state index is 12.2. The molecule has 0 radical (unpaired) electrons. The largest absolute Gasteiger partial charge is 0.496 e. The van der Waals surface area contributed by atoms with Gasteiger partial charge < -0.3 is 10.1 Å². The first kappa shape index (κ1) is 16.2. The topological polar surface area (TPSA) is 75.0 Å². The maximum Gasteiger partial charge on any atom is 0.262 e. The second kappa shape index (κ2) is 7.76. The molecule has 0 aliphatic rings. The number of carbonyl (C=O) groups is 1. The second-order valence-corrected chi connectivity index (χ2v) is 4.95. The summed E-state index contributed by atoms with van der Waals surface area (Å²) in [5, 5.41) is 12.0. The molecule has 5 heteroatoms. The Balaban J connectivity index is 2.17. The van der Waals surface area contributed by atoms with E-state index in [1.54, 1.807) is 31.6 Å². The van der Waals surface area contributed by atoms with Crippen molar-refractivity contribution >= 4 is 12.0 Å². The van der Waals surface area contributed by atoms with Crippen molar-refractivity contribution in [2.75, 3.05) is 7.11 Å². The van der Waals surface area contributed by atoms with E-state index in [0.717, 1.165) is 11.1 Å². The number of nitrogens with one attached hydrogen (secondary N) is 1. The minimum atomic E-state index is -0.423. The molecule has 0 spiro atoms. The molecule has 1 amide bonds. The third kappa shape index (κ3) is 4.42. The predicted octanol–water partition coefficient (Wildman–Crippen LogP) is 2.62. The minimum Gasteiger partial charge on any atom is -0.496 e. The fourth-order valence-corrected chi connectivity index (χ4v) is 2.05. The second-order valence-electron chi connectivity index (χ2n) is 4.95. The van der Waals surface area contributed by atoms with Gasteiger partial charge in [0.1, 0.15) is 17.4 Å². The summed E-state index contributed by atoms with van der Waals surface area (Å²) < 4.78 is 5.26. The van der Waals surface area contributed by atoms with Crippen LogP contribution in [0, 0.1) is 18.3 Å². The Morgan fingerprint density at radius 2 is 2.09 bits per heavy atom. The van der Waals surface area contributed by atoms with E-state index in [9.17, 15) is 10.1 Å². The third-order valence-electron chi connectivity index (χ3n) is 3.25. The first-order chi connectivity index (χ1) is 11.1. The number of methoxy groups -OCH3 is 1. The number of nitrogens with zero attached hydrogens (tertiary/aromatic N) is 2. The van der Waals surface area contributed by atoms with Gasteiger partial charge in [0.25, 0.3) is 5.91 Å². The molecular weight excluding hydrogens is 290 g/mol. The van der Waals surface area contributed by atoms with E-state index < -0.39 is 5.91 Å². The predicted molar refractivity (Wildman–Crippen MR) is 87.4 cm³/mol. The molecule has 0 saturated heterocycles. The van der Waals surface area contributed by atoms with E-state index >= 15 is 0 Å². The van der Waals surface area contributed by atoms with Gasteiger partial charge >= 0.3 is 0 Å². The summed E-state index contributed by atoms with van der Waals surface area (Å²) in [4.78, 5) is 16.1. The number of pyridine rings is 1. The van der Waals surface area contributed by atoms with Crippen LogP contribution in [0.4, 0.5) is 0 Å². The fourth-order valence-electron chi connectivity index (χ4n) is 2.05. The molecule has 1 aromatic carbocycles. The highest BCUT2D eigenvalue weighted by atomic mass is 16.5. The molecule has 0 unspecified atom stereocenters. The van der Waals surface area contributed by atoms with Crippen molar-refractivity contribution in [2.45, 2.75) is 13.5 Å². The van der Waals surface area contributed by atoms with Crippen molar-refractivity contribution in [1.29, 1.82) is 5.26 Å². The molecule has 1 N–H and O–H groups in total. The lowest BCUT2D eigenvalue weighted by atomic mass is 10.1. The molecule has 0 fully saturated rings. The van der Waals surface area contributed by atoms with E-state index in [0.29, 0.717) is 17.9 Å². The Labute approximate surface area is 135 Å². The smallest absolute Gasteiger partial charge is 0.262 e. The SMILES string of the molecule is COc1ccc(C)cc1/C=C(\C#N)C(=O)NCc1ccncc1. The maximum atomic E-state index is 12.2. The minimum absolute atomic E-state index is 0.0305. The van der Waals surface area contributed by atoms with E-state index in [1.165, 1.54) is 6.08 Å². The fraction of sp³-hybridized carbons (Fsp3) is 0.167. The molecule has 0 bridgehead atoms. The van der Waals surface area contributed by atoms with Crippen LogP contribution in [0.15, 0.2) is 48.3 Å². The highest BCUT2D eigenvalue weighted by molar-refractivity contribution is 6.01. The van der Waals surface area contributed by atoms with Gasteiger partial charge in [-0.15, -0.1) is 0 Å². The summed E-state index contributed by atoms with van der Waals surface area (Å²) in [6.45, 7) is 2.28. The number of hydrogen-bond acceptors (Lipinski definition) is 4. The number of amides is 1. The van der Waals surface area contributed by atoms with Crippen molar-refractivity contribution in [3.63, 3.8) is 0 Å². The van der Waals surface area contributed by atoms with Gasteiger partial charge in [-0.1, -0.05) is 11.6 Å². The molecule has 0 saturated carbocycles. The lowest BCUT2D eigenvalue weighted by molar-refractivity contribution is -0.117. The van der Waals surface area contributed by atoms with Crippen LogP contribution in [-0.2, 0) is 11.3 Å². The lowest BCUT2D eigenvalue weighted by Gasteiger charge is -2.07. The molecule has 0 aliphatic heterocycles. The number of benzene rings is 1. The van der Waals surface area contributed by atoms with Gasteiger partial charge in [-0.2, -0.15) is 5.26 Å². The zero-order valence-corrected chi connectivity index (χ0v) is 13.0. The number of rotatable bonds is 5. The van der Waals surface area contributed by atoms with Gasteiger partial charge in [-0.3, -0.25) is 9.78 Å². The van der Waals surface area contributed by atoms with Crippen LogP contribution in [0.2, 0.25) is 0 Å². The van der Waals surface area contributed by atoms with Crippen LogP contribution in [0.3, 0.4) is 0 Å². The van der Waals surface area contributed by atoms with Crippen LogP contribution in [0.5, 0.6) is 5.75 Å². The van der Waals surface area contributed by atoms with Gasteiger partial charge in [0.15, 0.2) is 0 Å². The molecule has 1 aromatic heterocycles. The molecule has 23 heavy (non-hydrogen) atoms. The summed E-state index contributed by atoms with van der Waals surface area (Å²) in [6.07, 6.45) is 4.84. The Kier molecular flexibility index (Phi) is 5.48. The highest BCUT2D eigenvalue weighted by Gasteiger charge is 2.10. The summed E-state index contributed by atoms with van der Waals surface area (Å²) in [5.41, 5.74) is 2.66. The number of ether oxygens (including phenoxy) is 1. The van der Waals surface area contributed by atoms with Crippen LogP contribution < -0.4 is 10.1 Å². The molecule has 0 atom stereocenters. The number of carbonyl (C=O) groups excluding carboxylic acids is 1. The molecule has 2 aromatic rings. The van der Waals surface area contributed by atoms with Crippen LogP contribution in [-0.4, -0.2) is 18.0 Å². The zero-order valence-electron chi connectivity index (χ0n) is 13.0. The van der Waals surface area contributed by atoms with Gasteiger partial charge in [0, 0.05) is 24.5 Å². The average molecular weight is 307 g/mol. The van der Waals surface area contributed by atoms with Crippen LogP contribution in [0.25, 0.3) is 6.08 Å². The molecular formula is C18H17N3O2. The zero-order chi connectivity index (χ0) is 16.7. The van der Waals surface area contributed by atoms with Gasteiger partial charge in [-0.05, 0) is 42.8 Å². The first-order valence-electron chi connectivity index (χ1n) is 7.07. The number of hydrogen-bond donors (Lipinski definition) is 1. The average Bonchev–Trinajstić information content (AvgIpc) is 2.58. The summed E-state index contributed by atoms with van der Waals surface area (Å²) in [7, 11) is 1.55. The molecule has 5 nitrogen and oxygen atoms in total. The van der Waals surface area contributed by atoms with Crippen molar-refractivity contribution in [2.24, 2.45) is 0 Å². The van der Waals surface area contributed by atoms with E-state index in [-0.39, 0.29) is 5.57 Å². The first-order valence-corrected chi connectivity index (χ1v) is 7.07. The third-order valence-corrected chi connectivity index (χ3v) is 3.25. The molecule has 2 rings (SSSR count). The van der Waals surface area contributed by atoms with Gasteiger partial charge in [0.05, 0.1) is 7.11 Å². The van der Waals surface area contributed by atoms with Crippen molar-refractivity contribution in [1.82, 2.24) is 10.3 Å². The van der Waals surface area contributed by atoms with Gasteiger partial charge in [0.2, 0.25) is 0 Å². The standard InChI is InChI=1S/C18H17N3O2/c1-13-3-4-17(23-2)15(9-13)10-16(11-19)18(22)21-12-14-5-7-20-8-6-14/h3-10H,12H2,1-2H3,(H,21,22)/b16-10+. The van der Waals surface area contributed by atoms with E-state index in [1.807, 2.05) is 31.2 Å². The Morgan fingerprint density at radius 1 is 1.35 bits per heavy atom. The van der Waals surface area contributed by atoms with Crippen molar-refractivity contribution in [3.05, 3.63) is 65.0 Å². The summed E-state index contributed by atoms with van der Waals surface area (Å²) in [6, 6.07) is 11.1. The highest BCUT2D eigenvalue weighted by Crippen LogP contribution is 2.22. The van der Waals surface area contributed by atoms with Crippen LogP contribution >= 0.6 is 0 Å². The lowest BCUT2D eigenvalue weighted by Crippen LogP contribution is -2.23. The van der Waals surface area contributed by atoms with Crippen molar-refractivity contribution < 1.29 is 9.53 Å². The van der Waals surface area contributed by atoms with Gasteiger partial charge in [-0.25, -0.2) is 0 Å². The normalized spacial score (nSPS) is 10.7. The number of aryl methyl sites for hydroxylation is 1. The Hall–Kier alpha value is -3.13. The van der Waals surface area contributed by atoms with Crippen molar-refractivity contribution in [3.8, 4) is 11.8 Å². The van der Waals surface area contributed by atoms with Crippen LogP contribution in [0.1, 0.15) is 16.7 Å². The molecule has 1 heterocycles. The Morgan fingerprint density at radius 3 is 2.74 bits per heavy atom.